The van der Waals surface area contributed by atoms with Gasteiger partial charge in [-0.3, -0.25) is 4.57 Å². The van der Waals surface area contributed by atoms with Crippen molar-refractivity contribution in [3.63, 3.8) is 0 Å². The van der Waals surface area contributed by atoms with Gasteiger partial charge in [-0.15, -0.1) is 0 Å². The zero-order chi connectivity index (χ0) is 11.0. The van der Waals surface area contributed by atoms with Crippen LogP contribution in [-0.4, -0.2) is 9.13 Å². The lowest BCUT2D eigenvalue weighted by Crippen LogP contribution is -2.21. The Balaban J connectivity index is 2.64. The van der Waals surface area contributed by atoms with Gasteiger partial charge >= 0.3 is 5.69 Å². The fourth-order valence-electron chi connectivity index (χ4n) is 1.45. The van der Waals surface area contributed by atoms with Gasteiger partial charge in [0.15, 0.2) is 0 Å². The third-order valence-corrected chi connectivity index (χ3v) is 2.31. The highest BCUT2D eigenvalue weighted by Gasteiger charge is 2.07. The molecule has 0 aliphatic heterocycles. The molecule has 3 nitrogen and oxygen atoms in total. The highest BCUT2D eigenvalue weighted by molar-refractivity contribution is 5.36. The molecule has 0 spiro atoms. The van der Waals surface area contributed by atoms with Crippen molar-refractivity contribution in [2.75, 3.05) is 0 Å². The van der Waals surface area contributed by atoms with E-state index in [1.165, 1.54) is 15.2 Å². The molecule has 2 rings (SSSR count). The number of hydrogen-bond acceptors (Lipinski definition) is 1. The van der Waals surface area contributed by atoms with Gasteiger partial charge in [-0.05, 0) is 24.6 Å². The normalized spacial score (nSPS) is 10.6. The molecule has 0 fully saturated rings. The third-order valence-electron chi connectivity index (χ3n) is 2.31. The molecule has 0 aliphatic rings. The van der Waals surface area contributed by atoms with E-state index in [-0.39, 0.29) is 17.2 Å². The summed E-state index contributed by atoms with van der Waals surface area (Å²) in [5, 5.41) is 0. The SMILES string of the molecule is Cc1ccc(-n2ccn(C)c2=O)c(F)c1. The van der Waals surface area contributed by atoms with Crippen LogP contribution in [0.25, 0.3) is 5.69 Å². The standard InChI is InChI=1S/C11H11FN2O/c1-8-3-4-10(9(12)7-8)14-6-5-13(2)11(14)15/h3-7H,1-2H3. The Bertz CT molecular complexity index is 554. The third kappa shape index (κ3) is 1.58. The number of aromatic nitrogens is 2. The van der Waals surface area contributed by atoms with E-state index < -0.39 is 0 Å². The number of aryl methyl sites for hydroxylation is 2. The average Bonchev–Trinajstić information content (AvgIpc) is 2.49. The minimum Gasteiger partial charge on any atom is -0.302 e. The zero-order valence-corrected chi connectivity index (χ0v) is 8.57. The molecule has 0 unspecified atom stereocenters. The maximum Gasteiger partial charge on any atom is 0.332 e. The van der Waals surface area contributed by atoms with Gasteiger partial charge in [-0.1, -0.05) is 6.07 Å². The first-order valence-corrected chi connectivity index (χ1v) is 4.60. The van der Waals surface area contributed by atoms with Crippen LogP contribution >= 0.6 is 0 Å². The van der Waals surface area contributed by atoms with Crippen LogP contribution < -0.4 is 5.69 Å². The molecule has 0 saturated heterocycles. The topological polar surface area (TPSA) is 26.9 Å². The van der Waals surface area contributed by atoms with E-state index in [0.29, 0.717) is 0 Å². The van der Waals surface area contributed by atoms with Crippen molar-refractivity contribution in [3.05, 3.63) is 52.5 Å². The van der Waals surface area contributed by atoms with Crippen molar-refractivity contribution in [1.29, 1.82) is 0 Å². The van der Waals surface area contributed by atoms with Gasteiger partial charge < -0.3 is 4.57 Å². The van der Waals surface area contributed by atoms with Gasteiger partial charge in [0.1, 0.15) is 5.82 Å². The second-order valence-corrected chi connectivity index (χ2v) is 3.52. The van der Waals surface area contributed by atoms with E-state index in [9.17, 15) is 9.18 Å². The minimum atomic E-state index is -0.386. The molecule has 0 amide bonds. The summed E-state index contributed by atoms with van der Waals surface area (Å²) in [6.45, 7) is 1.81. The average molecular weight is 206 g/mol. The maximum atomic E-state index is 13.6. The Morgan fingerprint density at radius 3 is 2.53 bits per heavy atom. The van der Waals surface area contributed by atoms with Crippen molar-refractivity contribution in [3.8, 4) is 5.69 Å². The summed E-state index contributed by atoms with van der Waals surface area (Å²) in [7, 11) is 1.63. The second kappa shape index (κ2) is 3.38. The Morgan fingerprint density at radius 2 is 2.00 bits per heavy atom. The number of halogens is 1. The van der Waals surface area contributed by atoms with E-state index in [2.05, 4.69) is 0 Å². The van der Waals surface area contributed by atoms with Crippen LogP contribution in [0.15, 0.2) is 35.4 Å². The molecule has 0 radical (unpaired) electrons. The molecule has 0 N–H and O–H groups in total. The number of rotatable bonds is 1. The summed E-state index contributed by atoms with van der Waals surface area (Å²) in [5.74, 6) is -0.386. The first kappa shape index (κ1) is 9.71. The van der Waals surface area contributed by atoms with Gasteiger partial charge in [-0.2, -0.15) is 0 Å². The zero-order valence-electron chi connectivity index (χ0n) is 8.57. The molecule has 1 heterocycles. The molecule has 0 saturated carbocycles. The van der Waals surface area contributed by atoms with Crippen LogP contribution in [0.5, 0.6) is 0 Å². The number of hydrogen-bond donors (Lipinski definition) is 0. The van der Waals surface area contributed by atoms with Gasteiger partial charge in [0.25, 0.3) is 0 Å². The minimum absolute atomic E-state index is 0.252. The highest BCUT2D eigenvalue weighted by atomic mass is 19.1. The second-order valence-electron chi connectivity index (χ2n) is 3.52. The van der Waals surface area contributed by atoms with Crippen molar-refractivity contribution in [1.82, 2.24) is 9.13 Å². The Morgan fingerprint density at radius 1 is 1.27 bits per heavy atom. The molecule has 0 bridgehead atoms. The number of benzene rings is 1. The van der Waals surface area contributed by atoms with Crippen LogP contribution in [-0.2, 0) is 7.05 Å². The lowest BCUT2D eigenvalue weighted by atomic mass is 10.2. The number of imidazole rings is 1. The fourth-order valence-corrected chi connectivity index (χ4v) is 1.45. The summed E-state index contributed by atoms with van der Waals surface area (Å²) in [5.41, 5.74) is 0.865. The quantitative estimate of drug-likeness (QED) is 0.696. The maximum absolute atomic E-state index is 13.6. The predicted molar refractivity (Wildman–Crippen MR) is 55.7 cm³/mol. The Kier molecular flexibility index (Phi) is 2.19. The molecule has 1 aromatic carbocycles. The summed E-state index contributed by atoms with van der Waals surface area (Å²) < 4.78 is 16.2. The van der Waals surface area contributed by atoms with E-state index in [1.807, 2.05) is 0 Å². The van der Waals surface area contributed by atoms with E-state index in [4.69, 9.17) is 0 Å². The van der Waals surface area contributed by atoms with Gasteiger partial charge in [-0.25, -0.2) is 9.18 Å². The largest absolute Gasteiger partial charge is 0.332 e. The van der Waals surface area contributed by atoms with E-state index in [0.717, 1.165) is 5.56 Å². The molecule has 1 aromatic heterocycles. The molecular formula is C11H11FN2O. The van der Waals surface area contributed by atoms with E-state index in [1.54, 1.807) is 38.5 Å². The highest BCUT2D eigenvalue weighted by Crippen LogP contribution is 2.12. The van der Waals surface area contributed by atoms with E-state index >= 15 is 0 Å². The Labute approximate surface area is 86.4 Å². The van der Waals surface area contributed by atoms with Crippen LogP contribution in [0.1, 0.15) is 5.56 Å². The predicted octanol–water partition coefficient (Wildman–Crippen LogP) is 1.62. The molecule has 78 valence electrons. The van der Waals surface area contributed by atoms with Crippen molar-refractivity contribution >= 4 is 0 Å². The molecule has 15 heavy (non-hydrogen) atoms. The van der Waals surface area contributed by atoms with Gasteiger partial charge in [0, 0.05) is 19.4 Å². The summed E-state index contributed by atoms with van der Waals surface area (Å²) in [6.07, 6.45) is 3.15. The van der Waals surface area contributed by atoms with Gasteiger partial charge in [0.05, 0.1) is 5.69 Å². The first-order chi connectivity index (χ1) is 7.09. The lowest BCUT2D eigenvalue weighted by molar-refractivity contribution is 0.613. The molecule has 2 aromatic rings. The van der Waals surface area contributed by atoms with Gasteiger partial charge in [0.2, 0.25) is 0 Å². The first-order valence-electron chi connectivity index (χ1n) is 4.60. The molecular weight excluding hydrogens is 195 g/mol. The monoisotopic (exact) mass is 206 g/mol. The van der Waals surface area contributed by atoms with Crippen molar-refractivity contribution in [2.45, 2.75) is 6.92 Å². The van der Waals surface area contributed by atoms with Crippen LogP contribution in [0.2, 0.25) is 0 Å². The lowest BCUT2D eigenvalue weighted by Gasteiger charge is -2.03. The molecule has 0 aliphatic carbocycles. The molecule has 0 atom stereocenters. The van der Waals surface area contributed by atoms with Crippen molar-refractivity contribution < 1.29 is 4.39 Å². The molecule has 4 heteroatoms. The van der Waals surface area contributed by atoms with Crippen molar-refractivity contribution in [2.24, 2.45) is 7.05 Å². The van der Waals surface area contributed by atoms with Crippen LogP contribution in [0.3, 0.4) is 0 Å². The summed E-state index contributed by atoms with van der Waals surface area (Å²) in [4.78, 5) is 11.6. The smallest absolute Gasteiger partial charge is 0.302 e. The number of nitrogens with zero attached hydrogens (tertiary/aromatic N) is 2. The Hall–Kier alpha value is -1.84. The summed E-state index contributed by atoms with van der Waals surface area (Å²) >= 11 is 0. The summed E-state index contributed by atoms with van der Waals surface area (Å²) in [6, 6.07) is 4.79. The fraction of sp³-hybridized carbons (Fsp3) is 0.182. The van der Waals surface area contributed by atoms with Crippen LogP contribution in [0.4, 0.5) is 4.39 Å². The van der Waals surface area contributed by atoms with Crippen LogP contribution in [0, 0.1) is 12.7 Å².